The molecule has 0 aromatic carbocycles. The highest BCUT2D eigenvalue weighted by molar-refractivity contribution is 5.80. The molecule has 0 aromatic heterocycles. The highest BCUT2D eigenvalue weighted by atomic mass is 16.8. The lowest BCUT2D eigenvalue weighted by Gasteiger charge is -2.24. The third-order valence-electron chi connectivity index (χ3n) is 2.92. The van der Waals surface area contributed by atoms with Crippen molar-refractivity contribution in [3.8, 4) is 0 Å². The summed E-state index contributed by atoms with van der Waals surface area (Å²) in [6, 6.07) is 0. The summed E-state index contributed by atoms with van der Waals surface area (Å²) in [5.41, 5.74) is -0.696. The molecule has 128 valence electrons. The minimum absolute atomic E-state index is 0.0753. The number of esters is 2. The third-order valence-corrected chi connectivity index (χ3v) is 2.92. The van der Waals surface area contributed by atoms with Crippen LogP contribution in [0.3, 0.4) is 0 Å². The minimum Gasteiger partial charge on any atom is -0.462 e. The summed E-state index contributed by atoms with van der Waals surface area (Å²) < 4.78 is 28.2. The number of rotatable bonds is 6. The maximum Gasteiger partial charge on any atom is 0.509 e. The Kier molecular flexibility index (Phi) is 4.92. The van der Waals surface area contributed by atoms with Crippen LogP contribution in [0.2, 0.25) is 0 Å². The summed E-state index contributed by atoms with van der Waals surface area (Å²) in [7, 11) is 0. The molecular weight excluding hydrogens is 316 g/mol. The summed E-state index contributed by atoms with van der Waals surface area (Å²) in [4.78, 5) is 44.8. The zero-order valence-electron chi connectivity index (χ0n) is 12.6. The van der Waals surface area contributed by atoms with Crippen molar-refractivity contribution >= 4 is 24.2 Å². The van der Waals surface area contributed by atoms with Gasteiger partial charge in [0.1, 0.15) is 13.2 Å². The highest BCUT2D eigenvalue weighted by Gasteiger charge is 2.36. The normalized spacial score (nSPS) is 23.4. The van der Waals surface area contributed by atoms with E-state index in [0.717, 1.165) is 0 Å². The van der Waals surface area contributed by atoms with Gasteiger partial charge in [0.05, 0.1) is 13.2 Å². The van der Waals surface area contributed by atoms with Gasteiger partial charge in [0, 0.05) is 5.41 Å². The second-order valence-electron chi connectivity index (χ2n) is 5.71. The largest absolute Gasteiger partial charge is 0.509 e. The predicted octanol–water partition coefficient (Wildman–Crippen LogP) is 0.170. The Morgan fingerprint density at radius 1 is 0.957 bits per heavy atom. The molecule has 0 saturated carbocycles. The van der Waals surface area contributed by atoms with Gasteiger partial charge < -0.3 is 28.4 Å². The summed E-state index contributed by atoms with van der Waals surface area (Å²) in [6.45, 7) is 2.85. The maximum absolute atomic E-state index is 11.7. The van der Waals surface area contributed by atoms with Crippen LogP contribution >= 0.6 is 0 Å². The summed E-state index contributed by atoms with van der Waals surface area (Å²) in [6.07, 6.45) is -4.02. The summed E-state index contributed by atoms with van der Waals surface area (Å²) >= 11 is 0. The van der Waals surface area contributed by atoms with Crippen LogP contribution in [0.5, 0.6) is 0 Å². The molecule has 10 heteroatoms. The van der Waals surface area contributed by atoms with Crippen LogP contribution < -0.4 is 0 Å². The van der Waals surface area contributed by atoms with E-state index < -0.39 is 41.9 Å². The van der Waals surface area contributed by atoms with Gasteiger partial charge in [-0.15, -0.1) is 0 Å². The molecule has 2 aliphatic rings. The van der Waals surface area contributed by atoms with Crippen LogP contribution in [0.25, 0.3) is 0 Å². The molecule has 2 saturated heterocycles. The second-order valence-corrected chi connectivity index (χ2v) is 5.71. The Morgan fingerprint density at radius 3 is 1.65 bits per heavy atom. The van der Waals surface area contributed by atoms with Crippen LogP contribution in [-0.4, -0.2) is 62.9 Å². The summed E-state index contributed by atoms with van der Waals surface area (Å²) in [5, 5.41) is 0. The van der Waals surface area contributed by atoms with Crippen LogP contribution in [-0.2, 0) is 38.0 Å². The van der Waals surface area contributed by atoms with Crippen molar-refractivity contribution in [1.82, 2.24) is 0 Å². The maximum atomic E-state index is 11.7. The molecule has 0 spiro atoms. The van der Waals surface area contributed by atoms with Crippen LogP contribution in [0.15, 0.2) is 0 Å². The summed E-state index contributed by atoms with van der Waals surface area (Å²) in [5.74, 6) is -1.48. The van der Waals surface area contributed by atoms with Crippen molar-refractivity contribution < 1.29 is 47.6 Å². The smallest absolute Gasteiger partial charge is 0.462 e. The first-order valence-electron chi connectivity index (χ1n) is 6.77. The molecule has 23 heavy (non-hydrogen) atoms. The van der Waals surface area contributed by atoms with Crippen molar-refractivity contribution in [2.24, 2.45) is 5.41 Å². The van der Waals surface area contributed by atoms with E-state index in [9.17, 15) is 19.2 Å². The van der Waals surface area contributed by atoms with Crippen molar-refractivity contribution in [1.29, 1.82) is 0 Å². The second kappa shape index (κ2) is 6.71. The fourth-order valence-corrected chi connectivity index (χ4v) is 1.65. The van der Waals surface area contributed by atoms with Crippen LogP contribution in [0.4, 0.5) is 9.59 Å². The van der Waals surface area contributed by atoms with E-state index in [0.29, 0.717) is 0 Å². The van der Waals surface area contributed by atoms with Gasteiger partial charge in [0.25, 0.3) is 0 Å². The SMILES string of the molecule is CC(C)(COC(=O)C1COC(=O)O1)COC(=O)C1COC(=O)O1. The molecule has 0 amide bonds. The van der Waals surface area contributed by atoms with E-state index >= 15 is 0 Å². The van der Waals surface area contributed by atoms with Crippen molar-refractivity contribution in [2.75, 3.05) is 26.4 Å². The molecule has 2 atom stereocenters. The van der Waals surface area contributed by atoms with Crippen molar-refractivity contribution in [3.05, 3.63) is 0 Å². The monoisotopic (exact) mass is 332 g/mol. The van der Waals surface area contributed by atoms with E-state index in [4.69, 9.17) is 9.47 Å². The van der Waals surface area contributed by atoms with Gasteiger partial charge in [-0.1, -0.05) is 13.8 Å². The number of hydrogen-bond acceptors (Lipinski definition) is 10. The average molecular weight is 332 g/mol. The number of carbonyl (C=O) groups excluding carboxylic acids is 4. The molecule has 2 rings (SSSR count). The van der Waals surface area contributed by atoms with Crippen molar-refractivity contribution in [2.45, 2.75) is 26.1 Å². The molecule has 0 aromatic rings. The van der Waals surface area contributed by atoms with E-state index in [1.165, 1.54) is 0 Å². The van der Waals surface area contributed by atoms with E-state index in [1.807, 2.05) is 0 Å². The number of cyclic esters (lactones) is 4. The van der Waals surface area contributed by atoms with E-state index in [-0.39, 0.29) is 26.4 Å². The number of hydrogen-bond donors (Lipinski definition) is 0. The Labute approximate surface area is 130 Å². The Bertz CT molecular complexity index is 467. The van der Waals surface area contributed by atoms with Crippen molar-refractivity contribution in [3.63, 3.8) is 0 Å². The zero-order valence-corrected chi connectivity index (χ0v) is 12.6. The minimum atomic E-state index is -1.09. The molecule has 2 fully saturated rings. The van der Waals surface area contributed by atoms with Gasteiger partial charge >= 0.3 is 24.2 Å². The Balaban J connectivity index is 1.71. The number of carbonyl (C=O) groups is 4. The number of ether oxygens (including phenoxy) is 6. The lowest BCUT2D eigenvalue weighted by molar-refractivity contribution is -0.161. The fourth-order valence-electron chi connectivity index (χ4n) is 1.65. The van der Waals surface area contributed by atoms with E-state index in [2.05, 4.69) is 18.9 Å². The lowest BCUT2D eigenvalue weighted by Crippen LogP contribution is -2.34. The first kappa shape index (κ1) is 16.8. The standard InChI is InChI=1S/C13H16O10/c1-13(2,5-20-9(14)7-3-18-11(16)22-7)6-21-10(15)8-4-19-12(17)23-8/h7-8H,3-6H2,1-2H3. The topological polar surface area (TPSA) is 124 Å². The third kappa shape index (κ3) is 4.73. The molecule has 0 aliphatic carbocycles. The van der Waals surface area contributed by atoms with E-state index in [1.54, 1.807) is 13.8 Å². The van der Waals surface area contributed by atoms with Crippen LogP contribution in [0.1, 0.15) is 13.8 Å². The van der Waals surface area contributed by atoms with Gasteiger partial charge in [0.2, 0.25) is 12.2 Å². The Hall–Kier alpha value is -2.52. The highest BCUT2D eigenvalue weighted by Crippen LogP contribution is 2.19. The zero-order chi connectivity index (χ0) is 17.0. The van der Waals surface area contributed by atoms with Crippen LogP contribution in [0, 0.1) is 5.41 Å². The first-order chi connectivity index (χ1) is 10.8. The van der Waals surface area contributed by atoms with Gasteiger partial charge in [-0.3, -0.25) is 0 Å². The van der Waals surface area contributed by atoms with Gasteiger partial charge in [-0.25, -0.2) is 19.2 Å². The molecule has 2 aliphatic heterocycles. The fraction of sp³-hybridized carbons (Fsp3) is 0.692. The van der Waals surface area contributed by atoms with Gasteiger partial charge in [0.15, 0.2) is 0 Å². The molecule has 0 bridgehead atoms. The molecule has 0 N–H and O–H groups in total. The molecule has 10 nitrogen and oxygen atoms in total. The average Bonchev–Trinajstić information content (AvgIpc) is 3.11. The van der Waals surface area contributed by atoms with Gasteiger partial charge in [-0.05, 0) is 0 Å². The lowest BCUT2D eigenvalue weighted by atomic mass is 9.96. The molecular formula is C13H16O10. The first-order valence-corrected chi connectivity index (χ1v) is 6.77. The molecule has 2 unspecified atom stereocenters. The van der Waals surface area contributed by atoms with Gasteiger partial charge in [-0.2, -0.15) is 0 Å². The Morgan fingerprint density at radius 2 is 1.35 bits per heavy atom. The predicted molar refractivity (Wildman–Crippen MR) is 68.1 cm³/mol. The quantitative estimate of drug-likeness (QED) is 0.491. The molecule has 0 radical (unpaired) electrons. The molecule has 2 heterocycles.